The minimum absolute atomic E-state index is 0. The van der Waals surface area contributed by atoms with Crippen molar-refractivity contribution in [2.45, 2.75) is 25.3 Å². The van der Waals surface area contributed by atoms with Gasteiger partial charge in [-0.1, -0.05) is 0 Å². The molecular formula is C10H23ClN2O3S. The van der Waals surface area contributed by atoms with E-state index in [0.717, 1.165) is 25.9 Å². The van der Waals surface area contributed by atoms with Crippen molar-refractivity contribution in [3.8, 4) is 0 Å². The Morgan fingerprint density at radius 1 is 1.35 bits per heavy atom. The van der Waals surface area contributed by atoms with Gasteiger partial charge in [0.15, 0.2) is 0 Å². The first-order valence-corrected chi connectivity index (χ1v) is 7.34. The van der Waals surface area contributed by atoms with Gasteiger partial charge in [-0.25, -0.2) is 12.7 Å². The molecule has 1 rings (SSSR count). The van der Waals surface area contributed by atoms with Crippen molar-refractivity contribution in [1.29, 1.82) is 0 Å². The number of methoxy groups -OCH3 is 1. The molecule has 0 atom stereocenters. The van der Waals surface area contributed by atoms with E-state index in [4.69, 9.17) is 4.74 Å². The van der Waals surface area contributed by atoms with E-state index in [0.29, 0.717) is 13.0 Å². The van der Waals surface area contributed by atoms with E-state index in [1.54, 1.807) is 18.5 Å². The number of hydrogen-bond donors (Lipinski definition) is 1. The fourth-order valence-electron chi connectivity index (χ4n) is 1.93. The molecule has 1 aliphatic heterocycles. The van der Waals surface area contributed by atoms with Crippen molar-refractivity contribution in [2.75, 3.05) is 39.6 Å². The third-order valence-corrected chi connectivity index (χ3v) is 4.99. The van der Waals surface area contributed by atoms with Gasteiger partial charge in [-0.05, 0) is 32.4 Å². The fourth-order valence-corrected chi connectivity index (χ4v) is 3.36. The number of sulfonamides is 1. The highest BCUT2D eigenvalue weighted by atomic mass is 35.5. The smallest absolute Gasteiger partial charge is 0.214 e. The molecule has 0 saturated carbocycles. The minimum Gasteiger partial charge on any atom is -0.385 e. The maximum Gasteiger partial charge on any atom is 0.214 e. The fraction of sp³-hybridized carbons (Fsp3) is 1.00. The molecule has 5 nitrogen and oxygen atoms in total. The van der Waals surface area contributed by atoms with Crippen molar-refractivity contribution in [3.63, 3.8) is 0 Å². The molecule has 1 fully saturated rings. The summed E-state index contributed by atoms with van der Waals surface area (Å²) in [6.07, 6.45) is 2.37. The number of halogens is 1. The van der Waals surface area contributed by atoms with Crippen LogP contribution in [-0.2, 0) is 14.8 Å². The lowest BCUT2D eigenvalue weighted by molar-refractivity contribution is 0.199. The molecule has 0 unspecified atom stereocenters. The van der Waals surface area contributed by atoms with Crippen molar-refractivity contribution in [2.24, 2.45) is 0 Å². The minimum atomic E-state index is -3.11. The quantitative estimate of drug-likeness (QED) is 0.721. The zero-order valence-corrected chi connectivity index (χ0v) is 12.1. The van der Waals surface area contributed by atoms with Gasteiger partial charge >= 0.3 is 0 Å². The first kappa shape index (κ1) is 17.1. The molecule has 0 aromatic carbocycles. The van der Waals surface area contributed by atoms with Gasteiger partial charge in [0.05, 0.1) is 5.75 Å². The number of rotatable bonds is 6. The maximum absolute atomic E-state index is 12.0. The van der Waals surface area contributed by atoms with Gasteiger partial charge in [0, 0.05) is 26.8 Å². The standard InChI is InChI=1S/C10H22N2O3S.ClH/c1-12(10-4-6-11-7-5-10)16(13,14)9-3-8-15-2;/h10-11H,3-9H2,1-2H3;1H. The number of hydrogen-bond acceptors (Lipinski definition) is 4. The molecule has 0 bridgehead atoms. The van der Waals surface area contributed by atoms with Crippen LogP contribution in [0, 0.1) is 0 Å². The molecule has 104 valence electrons. The summed E-state index contributed by atoms with van der Waals surface area (Å²) in [4.78, 5) is 0. The van der Waals surface area contributed by atoms with Crippen LogP contribution in [0.5, 0.6) is 0 Å². The van der Waals surface area contributed by atoms with Gasteiger partial charge in [-0.15, -0.1) is 12.4 Å². The Labute approximate surface area is 110 Å². The zero-order chi connectivity index (χ0) is 12.0. The second-order valence-electron chi connectivity index (χ2n) is 4.16. The molecule has 1 saturated heterocycles. The van der Waals surface area contributed by atoms with Crippen LogP contribution < -0.4 is 5.32 Å². The third kappa shape index (κ3) is 5.52. The van der Waals surface area contributed by atoms with Crippen LogP contribution in [0.4, 0.5) is 0 Å². The summed E-state index contributed by atoms with van der Waals surface area (Å²) in [6, 6.07) is 0.161. The molecule has 1 aliphatic rings. The average Bonchev–Trinajstić information content (AvgIpc) is 2.29. The van der Waals surface area contributed by atoms with Crippen molar-refractivity contribution >= 4 is 22.4 Å². The molecule has 0 aliphatic carbocycles. The van der Waals surface area contributed by atoms with Gasteiger partial charge in [0.25, 0.3) is 0 Å². The van der Waals surface area contributed by atoms with E-state index in [1.165, 1.54) is 0 Å². The van der Waals surface area contributed by atoms with Crippen LogP contribution >= 0.6 is 12.4 Å². The molecule has 0 spiro atoms. The summed E-state index contributed by atoms with van der Waals surface area (Å²) in [5.74, 6) is 0.182. The Morgan fingerprint density at radius 3 is 2.47 bits per heavy atom. The van der Waals surface area contributed by atoms with Crippen LogP contribution in [0.2, 0.25) is 0 Å². The summed E-state index contributed by atoms with van der Waals surface area (Å²) in [7, 11) is 0.172. The topological polar surface area (TPSA) is 58.6 Å². The molecule has 0 radical (unpaired) electrons. The summed E-state index contributed by atoms with van der Waals surface area (Å²) < 4.78 is 30.3. The van der Waals surface area contributed by atoms with Crippen molar-refractivity contribution in [1.82, 2.24) is 9.62 Å². The van der Waals surface area contributed by atoms with Crippen LogP contribution in [0.15, 0.2) is 0 Å². The Morgan fingerprint density at radius 2 is 1.94 bits per heavy atom. The summed E-state index contributed by atoms with van der Waals surface area (Å²) in [6.45, 7) is 2.31. The van der Waals surface area contributed by atoms with E-state index in [2.05, 4.69) is 5.32 Å². The van der Waals surface area contributed by atoms with Gasteiger partial charge < -0.3 is 10.1 Å². The predicted molar refractivity (Wildman–Crippen MR) is 71.2 cm³/mol. The largest absolute Gasteiger partial charge is 0.385 e. The lowest BCUT2D eigenvalue weighted by atomic mass is 10.1. The molecule has 1 N–H and O–H groups in total. The highest BCUT2D eigenvalue weighted by Crippen LogP contribution is 2.14. The van der Waals surface area contributed by atoms with E-state index in [-0.39, 0.29) is 24.2 Å². The molecule has 0 aromatic heterocycles. The summed E-state index contributed by atoms with van der Waals surface area (Å²) >= 11 is 0. The molecular weight excluding hydrogens is 264 g/mol. The Balaban J connectivity index is 0.00000256. The van der Waals surface area contributed by atoms with Gasteiger partial charge in [-0.2, -0.15) is 0 Å². The first-order chi connectivity index (χ1) is 7.58. The number of piperidine rings is 1. The molecule has 7 heteroatoms. The van der Waals surface area contributed by atoms with Gasteiger partial charge in [-0.3, -0.25) is 0 Å². The van der Waals surface area contributed by atoms with E-state index in [1.807, 2.05) is 0 Å². The number of nitrogens with zero attached hydrogens (tertiary/aromatic N) is 1. The van der Waals surface area contributed by atoms with E-state index in [9.17, 15) is 8.42 Å². The molecule has 1 heterocycles. The number of ether oxygens (including phenoxy) is 1. The normalized spacial score (nSPS) is 18.1. The second kappa shape index (κ2) is 8.26. The van der Waals surface area contributed by atoms with Crippen molar-refractivity contribution in [3.05, 3.63) is 0 Å². The number of nitrogens with one attached hydrogen (secondary N) is 1. The lowest BCUT2D eigenvalue weighted by Gasteiger charge is -2.30. The van der Waals surface area contributed by atoms with Crippen molar-refractivity contribution < 1.29 is 13.2 Å². The van der Waals surface area contributed by atoms with Gasteiger partial charge in [0.1, 0.15) is 0 Å². The Kier molecular flexibility index (Phi) is 8.32. The Bertz CT molecular complexity index is 292. The zero-order valence-electron chi connectivity index (χ0n) is 10.5. The molecule has 0 aromatic rings. The monoisotopic (exact) mass is 286 g/mol. The Hall–Kier alpha value is 0.120. The maximum atomic E-state index is 12.0. The van der Waals surface area contributed by atoms with Crippen LogP contribution in [0.1, 0.15) is 19.3 Å². The summed E-state index contributed by atoms with van der Waals surface area (Å²) in [5.41, 5.74) is 0. The van der Waals surface area contributed by atoms with E-state index >= 15 is 0 Å². The van der Waals surface area contributed by atoms with Gasteiger partial charge in [0.2, 0.25) is 10.0 Å². The third-order valence-electron chi connectivity index (χ3n) is 3.01. The van der Waals surface area contributed by atoms with E-state index < -0.39 is 10.0 Å². The molecule has 0 amide bonds. The van der Waals surface area contributed by atoms with Crippen LogP contribution in [0.3, 0.4) is 0 Å². The average molecular weight is 287 g/mol. The van der Waals surface area contributed by atoms with Crippen LogP contribution in [0.25, 0.3) is 0 Å². The SMILES string of the molecule is COCCCS(=O)(=O)N(C)C1CCNCC1.Cl. The molecule has 17 heavy (non-hydrogen) atoms. The predicted octanol–water partition coefficient (Wildman–Crippen LogP) is 0.458. The second-order valence-corrected chi connectivity index (χ2v) is 6.31. The summed E-state index contributed by atoms with van der Waals surface area (Å²) in [5, 5.41) is 3.23. The first-order valence-electron chi connectivity index (χ1n) is 5.73. The highest BCUT2D eigenvalue weighted by molar-refractivity contribution is 7.89. The van der Waals surface area contributed by atoms with Crippen LogP contribution in [-0.4, -0.2) is 58.4 Å². The highest BCUT2D eigenvalue weighted by Gasteiger charge is 2.26. The lowest BCUT2D eigenvalue weighted by Crippen LogP contribution is -2.44.